The average Bonchev–Trinajstić information content (AvgIpc) is 1.72. The molecule has 25 valence electrons. The van der Waals surface area contributed by atoms with E-state index in [2.05, 4.69) is 4.65 Å². The fourth-order valence-corrected chi connectivity index (χ4v) is 0.291. The maximum absolute atomic E-state index is 4.68. The van der Waals surface area contributed by atoms with Gasteiger partial charge in [-0.2, -0.15) is 0 Å². The molecule has 0 atom stereocenters. The molecule has 0 fully saturated rings. The molecule has 0 bridgehead atoms. The molecule has 0 aliphatic carbocycles. The number of hydrogen-bond donors (Lipinski definition) is 0. The SMILES string of the molecule is [B]1B=BC=CO1. The Hall–Kier alpha value is -0.265. The van der Waals surface area contributed by atoms with Crippen molar-refractivity contribution in [2.75, 3.05) is 0 Å². The molecular weight excluding hydrogens is 72.5 g/mol. The number of rotatable bonds is 0. The van der Waals surface area contributed by atoms with Crippen LogP contribution in [0.2, 0.25) is 0 Å². The minimum absolute atomic E-state index is 1.62. The maximum atomic E-state index is 4.68. The van der Waals surface area contributed by atoms with Crippen molar-refractivity contribution in [1.82, 2.24) is 0 Å². The Kier molecular flexibility index (Phi) is 1.31. The first-order chi connectivity index (χ1) is 3.00. The van der Waals surface area contributed by atoms with Crippen LogP contribution in [0.3, 0.4) is 0 Å². The van der Waals surface area contributed by atoms with Crippen molar-refractivity contribution >= 4 is 20.9 Å². The van der Waals surface area contributed by atoms with Crippen LogP contribution in [0.5, 0.6) is 0 Å². The zero-order valence-electron chi connectivity index (χ0n) is 3.29. The summed E-state index contributed by atoms with van der Waals surface area (Å²) in [6.45, 7) is 3.74. The van der Waals surface area contributed by atoms with Gasteiger partial charge in [-0.25, -0.2) is 0 Å². The Morgan fingerprint density at radius 1 is 1.50 bits per heavy atom. The van der Waals surface area contributed by atoms with E-state index in [0.717, 1.165) is 0 Å². The van der Waals surface area contributed by atoms with Gasteiger partial charge in [0, 0.05) is 0 Å². The molecule has 1 heterocycles. The third kappa shape index (κ3) is 0.849. The van der Waals surface area contributed by atoms with Gasteiger partial charge in [0.2, 0.25) is 0 Å². The molecule has 4 heteroatoms. The Balaban J connectivity index is 2.46. The molecule has 1 aliphatic heterocycles. The fourth-order valence-electron chi connectivity index (χ4n) is 0.291. The molecule has 0 amide bonds. The summed E-state index contributed by atoms with van der Waals surface area (Å²) in [5.74, 6) is 1.83. The van der Waals surface area contributed by atoms with Gasteiger partial charge < -0.3 is 0 Å². The van der Waals surface area contributed by atoms with Gasteiger partial charge in [0.05, 0.1) is 0 Å². The third-order valence-electron chi connectivity index (χ3n) is 0.536. The molecule has 0 aromatic carbocycles. The van der Waals surface area contributed by atoms with Crippen molar-refractivity contribution < 1.29 is 4.65 Å². The van der Waals surface area contributed by atoms with E-state index in [0.29, 0.717) is 0 Å². The van der Waals surface area contributed by atoms with Gasteiger partial charge in [-0.3, -0.25) is 0 Å². The second-order valence-corrected chi connectivity index (χ2v) is 0.986. The summed E-state index contributed by atoms with van der Waals surface area (Å²) in [6.07, 6.45) is 1.62. The van der Waals surface area contributed by atoms with Crippen molar-refractivity contribution in [2.24, 2.45) is 0 Å². The molecule has 0 saturated carbocycles. The van der Waals surface area contributed by atoms with Crippen LogP contribution < -0.4 is 0 Å². The van der Waals surface area contributed by atoms with Gasteiger partial charge in [-0.15, -0.1) is 0 Å². The molecule has 0 unspecified atom stereocenters. The second kappa shape index (κ2) is 2.01. The van der Waals surface area contributed by atoms with E-state index < -0.39 is 0 Å². The predicted octanol–water partition coefficient (Wildman–Crippen LogP) is -0.655. The Labute approximate surface area is 38.7 Å². The molecule has 0 aromatic rings. The minimum atomic E-state index is 1.62. The second-order valence-electron chi connectivity index (χ2n) is 0.986. The molecule has 1 nitrogen and oxygen atoms in total. The van der Waals surface area contributed by atoms with E-state index >= 15 is 0 Å². The first kappa shape index (κ1) is 3.91. The summed E-state index contributed by atoms with van der Waals surface area (Å²) in [4.78, 5) is 0. The van der Waals surface area contributed by atoms with Crippen LogP contribution in [0.1, 0.15) is 0 Å². The first-order valence-electron chi connectivity index (χ1n) is 1.80. The third-order valence-corrected chi connectivity index (χ3v) is 0.536. The summed E-state index contributed by atoms with van der Waals surface area (Å²) >= 11 is 0. The van der Waals surface area contributed by atoms with Gasteiger partial charge >= 0.3 is 37.8 Å². The Bertz CT molecular complexity index is 74.8. The Morgan fingerprint density at radius 3 is 2.67 bits per heavy atom. The molecule has 1 rings (SSSR count). The molecule has 0 spiro atoms. The molecule has 1 radical (unpaired) electrons. The zero-order chi connectivity index (χ0) is 4.24. The van der Waals surface area contributed by atoms with Gasteiger partial charge in [-0.05, 0) is 0 Å². The van der Waals surface area contributed by atoms with Crippen LogP contribution in [0, 0.1) is 0 Å². The van der Waals surface area contributed by atoms with E-state index in [4.69, 9.17) is 0 Å². The molecule has 0 saturated heterocycles. The van der Waals surface area contributed by atoms with Crippen LogP contribution in [-0.2, 0) is 4.65 Å². The van der Waals surface area contributed by atoms with Crippen LogP contribution in [0.4, 0.5) is 0 Å². The fraction of sp³-hybridized carbons (Fsp3) is 0. The normalized spacial score (nSPS) is 13.3. The molecule has 0 N–H and O–H groups in total. The van der Waals surface area contributed by atoms with Crippen molar-refractivity contribution in [3.8, 4) is 0 Å². The number of hydrogen-bond acceptors (Lipinski definition) is 1. The van der Waals surface area contributed by atoms with Crippen LogP contribution in [-0.4, -0.2) is 20.9 Å². The van der Waals surface area contributed by atoms with Crippen LogP contribution >= 0.6 is 0 Å². The van der Waals surface area contributed by atoms with E-state index in [1.165, 1.54) is 0 Å². The molecule has 1 aliphatic rings. The molecule has 0 aromatic heterocycles. The van der Waals surface area contributed by atoms with E-state index in [-0.39, 0.29) is 0 Å². The summed E-state index contributed by atoms with van der Waals surface area (Å²) in [6, 6.07) is 0. The summed E-state index contributed by atoms with van der Waals surface area (Å²) in [5, 5.41) is 0. The molecule has 6 heavy (non-hydrogen) atoms. The van der Waals surface area contributed by atoms with Crippen molar-refractivity contribution in [1.29, 1.82) is 0 Å². The van der Waals surface area contributed by atoms with Gasteiger partial charge in [-0.1, -0.05) is 0 Å². The van der Waals surface area contributed by atoms with Gasteiger partial charge in [0.1, 0.15) is 0 Å². The van der Waals surface area contributed by atoms with Gasteiger partial charge in [0.25, 0.3) is 0 Å². The van der Waals surface area contributed by atoms with E-state index in [9.17, 15) is 0 Å². The van der Waals surface area contributed by atoms with Crippen molar-refractivity contribution in [3.05, 3.63) is 12.2 Å². The first-order valence-corrected chi connectivity index (χ1v) is 1.80. The molecular formula is C2H2B3O. The van der Waals surface area contributed by atoms with Crippen molar-refractivity contribution in [3.63, 3.8) is 0 Å². The summed E-state index contributed by atoms with van der Waals surface area (Å²) in [5.41, 5.74) is 0. The summed E-state index contributed by atoms with van der Waals surface area (Å²) in [7, 11) is 1.62. The quantitative estimate of drug-likeness (QED) is 0.347. The average molecular weight is 74.5 g/mol. The van der Waals surface area contributed by atoms with E-state index in [1.54, 1.807) is 13.6 Å². The standard InChI is InChI=1S/C2H2B3O/c1-2-6-5-4-3-1/h1-2H. The van der Waals surface area contributed by atoms with Crippen LogP contribution in [0.25, 0.3) is 0 Å². The monoisotopic (exact) mass is 75.0 g/mol. The summed E-state index contributed by atoms with van der Waals surface area (Å²) < 4.78 is 4.68. The zero-order valence-corrected chi connectivity index (χ0v) is 3.29. The van der Waals surface area contributed by atoms with Crippen LogP contribution in [0.15, 0.2) is 12.2 Å². The topological polar surface area (TPSA) is 9.23 Å². The Morgan fingerprint density at radius 2 is 2.50 bits per heavy atom. The van der Waals surface area contributed by atoms with Crippen molar-refractivity contribution in [2.45, 2.75) is 0 Å². The van der Waals surface area contributed by atoms with Gasteiger partial charge in [0.15, 0.2) is 0 Å². The predicted molar refractivity (Wildman–Crippen MR) is 27.5 cm³/mol. The van der Waals surface area contributed by atoms with E-state index in [1.807, 2.05) is 19.5 Å².